The lowest BCUT2D eigenvalue weighted by atomic mass is 10.2. The normalized spacial score (nSPS) is 10.8. The van der Waals surface area contributed by atoms with Gasteiger partial charge >= 0.3 is 5.97 Å². The van der Waals surface area contributed by atoms with E-state index in [1.807, 2.05) is 36.4 Å². The Morgan fingerprint density at radius 3 is 2.66 bits per heavy atom. The third kappa shape index (κ3) is 3.72. The van der Waals surface area contributed by atoms with Crippen LogP contribution in [0.2, 0.25) is 0 Å². The average molecular weight is 407 g/mol. The number of aryl methyl sites for hydroxylation is 1. The lowest BCUT2D eigenvalue weighted by Gasteiger charge is -2.08. The number of hydrogen-bond acceptors (Lipinski definition) is 7. The highest BCUT2D eigenvalue weighted by molar-refractivity contribution is 7.00. The van der Waals surface area contributed by atoms with Crippen molar-refractivity contribution in [3.63, 3.8) is 0 Å². The first-order chi connectivity index (χ1) is 14.0. The zero-order chi connectivity index (χ0) is 20.4. The van der Waals surface area contributed by atoms with E-state index in [0.717, 1.165) is 17.4 Å². The van der Waals surface area contributed by atoms with Crippen LogP contribution in [0.25, 0.3) is 16.7 Å². The minimum absolute atomic E-state index is 0.354. The molecule has 4 aromatic rings. The Balaban J connectivity index is 1.45. The summed E-state index contributed by atoms with van der Waals surface area (Å²) in [7, 11) is 0. The zero-order valence-corrected chi connectivity index (χ0v) is 16.6. The quantitative estimate of drug-likeness (QED) is 0.510. The van der Waals surface area contributed by atoms with Gasteiger partial charge in [-0.15, -0.1) is 0 Å². The van der Waals surface area contributed by atoms with Crippen LogP contribution < -0.4 is 5.32 Å². The zero-order valence-electron chi connectivity index (χ0n) is 15.7. The van der Waals surface area contributed by atoms with Crippen molar-refractivity contribution >= 4 is 40.3 Å². The van der Waals surface area contributed by atoms with Crippen LogP contribution in [0, 0.1) is 13.8 Å². The van der Waals surface area contributed by atoms with Gasteiger partial charge in [-0.1, -0.05) is 24.3 Å². The fraction of sp³-hybridized carbons (Fsp3) is 0.150. The van der Waals surface area contributed by atoms with Crippen LogP contribution in [-0.4, -0.2) is 37.0 Å². The molecule has 0 aliphatic heterocycles. The second-order valence-corrected chi connectivity index (χ2v) is 6.88. The van der Waals surface area contributed by atoms with Gasteiger partial charge in [0, 0.05) is 0 Å². The SMILES string of the molecule is Cc1nn(-c2ccccc2)c(C)c1C(=O)OCC(=O)Nc1cccc2nsnc12. The number of rotatable bonds is 5. The van der Waals surface area contributed by atoms with Gasteiger partial charge < -0.3 is 10.1 Å². The highest BCUT2D eigenvalue weighted by Crippen LogP contribution is 2.21. The van der Waals surface area contributed by atoms with E-state index in [2.05, 4.69) is 19.2 Å². The van der Waals surface area contributed by atoms with Gasteiger partial charge in [0.05, 0.1) is 34.5 Å². The van der Waals surface area contributed by atoms with Crippen molar-refractivity contribution in [2.24, 2.45) is 0 Å². The number of para-hydroxylation sites is 1. The molecule has 9 heteroatoms. The number of aromatic nitrogens is 4. The summed E-state index contributed by atoms with van der Waals surface area (Å²) in [4.78, 5) is 24.8. The maximum atomic E-state index is 12.6. The molecule has 0 spiro atoms. The lowest BCUT2D eigenvalue weighted by molar-refractivity contribution is -0.119. The third-order valence-corrected chi connectivity index (χ3v) is 4.93. The summed E-state index contributed by atoms with van der Waals surface area (Å²) in [6.45, 7) is 3.11. The summed E-state index contributed by atoms with van der Waals surface area (Å²) in [6.07, 6.45) is 0. The third-order valence-electron chi connectivity index (χ3n) is 4.39. The Labute approximate surface area is 170 Å². The van der Waals surface area contributed by atoms with Gasteiger partial charge in [0.25, 0.3) is 5.91 Å². The van der Waals surface area contributed by atoms with E-state index < -0.39 is 18.5 Å². The number of nitrogens with zero attached hydrogens (tertiary/aromatic N) is 4. The molecule has 0 saturated carbocycles. The Bertz CT molecular complexity index is 1200. The van der Waals surface area contributed by atoms with E-state index in [4.69, 9.17) is 4.74 Å². The minimum atomic E-state index is -0.592. The van der Waals surface area contributed by atoms with Gasteiger partial charge in [-0.25, -0.2) is 9.48 Å². The minimum Gasteiger partial charge on any atom is -0.452 e. The fourth-order valence-electron chi connectivity index (χ4n) is 3.06. The van der Waals surface area contributed by atoms with Crippen LogP contribution >= 0.6 is 11.7 Å². The molecular weight excluding hydrogens is 390 g/mol. The van der Waals surface area contributed by atoms with Crippen LogP contribution in [0.3, 0.4) is 0 Å². The van der Waals surface area contributed by atoms with Gasteiger partial charge in [0.15, 0.2) is 6.61 Å². The Morgan fingerprint density at radius 2 is 1.86 bits per heavy atom. The summed E-state index contributed by atoms with van der Waals surface area (Å²) in [5.41, 5.74) is 4.22. The number of hydrogen-bond donors (Lipinski definition) is 1. The molecule has 0 unspecified atom stereocenters. The maximum absolute atomic E-state index is 12.6. The number of amides is 1. The largest absolute Gasteiger partial charge is 0.452 e. The standard InChI is InChI=1S/C20H17N5O3S/c1-12-18(13(2)25(22-12)14-7-4-3-5-8-14)20(27)28-11-17(26)21-15-9-6-10-16-19(15)24-29-23-16/h3-10H,11H2,1-2H3,(H,21,26). The second kappa shape index (κ2) is 7.80. The molecular formula is C20H17N5O3S. The fourth-order valence-corrected chi connectivity index (χ4v) is 3.60. The van der Waals surface area contributed by atoms with E-state index in [1.54, 1.807) is 30.7 Å². The highest BCUT2D eigenvalue weighted by atomic mass is 32.1. The predicted octanol–water partition coefficient (Wildman–Crippen LogP) is 3.29. The summed E-state index contributed by atoms with van der Waals surface area (Å²) < 4.78 is 15.2. The molecule has 2 heterocycles. The topological polar surface area (TPSA) is 99.0 Å². The predicted molar refractivity (Wildman–Crippen MR) is 109 cm³/mol. The van der Waals surface area contributed by atoms with Crippen molar-refractivity contribution in [3.05, 3.63) is 65.5 Å². The first kappa shape index (κ1) is 18.8. The summed E-state index contributed by atoms with van der Waals surface area (Å²) in [5, 5.41) is 7.13. The molecule has 1 amide bonds. The maximum Gasteiger partial charge on any atom is 0.342 e. The molecule has 2 aromatic heterocycles. The van der Waals surface area contributed by atoms with Gasteiger partial charge in [0.1, 0.15) is 16.6 Å². The lowest BCUT2D eigenvalue weighted by Crippen LogP contribution is -2.21. The Hall–Kier alpha value is -3.59. The number of fused-ring (bicyclic) bond motifs is 1. The van der Waals surface area contributed by atoms with Crippen molar-refractivity contribution < 1.29 is 14.3 Å². The number of carbonyl (C=O) groups is 2. The first-order valence-electron chi connectivity index (χ1n) is 8.84. The molecule has 0 radical (unpaired) electrons. The summed E-state index contributed by atoms with van der Waals surface area (Å²) in [5.74, 6) is -1.05. The van der Waals surface area contributed by atoms with Crippen LogP contribution in [0.4, 0.5) is 5.69 Å². The molecule has 0 atom stereocenters. The molecule has 0 saturated heterocycles. The summed E-state index contributed by atoms with van der Waals surface area (Å²) >= 11 is 1.07. The number of esters is 1. The molecule has 8 nitrogen and oxygen atoms in total. The Morgan fingerprint density at radius 1 is 1.07 bits per heavy atom. The van der Waals surface area contributed by atoms with Gasteiger partial charge in [-0.3, -0.25) is 4.79 Å². The van der Waals surface area contributed by atoms with Crippen molar-refractivity contribution in [2.45, 2.75) is 13.8 Å². The number of benzene rings is 2. The second-order valence-electron chi connectivity index (χ2n) is 6.36. The van der Waals surface area contributed by atoms with E-state index in [9.17, 15) is 9.59 Å². The number of ether oxygens (including phenoxy) is 1. The first-order valence-corrected chi connectivity index (χ1v) is 9.57. The smallest absolute Gasteiger partial charge is 0.342 e. The average Bonchev–Trinajstić information content (AvgIpc) is 3.32. The van der Waals surface area contributed by atoms with Crippen LogP contribution in [-0.2, 0) is 9.53 Å². The molecule has 0 fully saturated rings. The van der Waals surface area contributed by atoms with Crippen LogP contribution in [0.15, 0.2) is 48.5 Å². The van der Waals surface area contributed by atoms with E-state index in [0.29, 0.717) is 33.7 Å². The van der Waals surface area contributed by atoms with Gasteiger partial charge in [-0.2, -0.15) is 13.8 Å². The van der Waals surface area contributed by atoms with E-state index in [-0.39, 0.29) is 0 Å². The van der Waals surface area contributed by atoms with Crippen LogP contribution in [0.5, 0.6) is 0 Å². The van der Waals surface area contributed by atoms with Gasteiger partial charge in [0.2, 0.25) is 0 Å². The van der Waals surface area contributed by atoms with Crippen molar-refractivity contribution in [2.75, 3.05) is 11.9 Å². The Kier molecular flexibility index (Phi) is 5.05. The number of carbonyl (C=O) groups excluding carboxylic acids is 2. The van der Waals surface area contributed by atoms with E-state index >= 15 is 0 Å². The van der Waals surface area contributed by atoms with Gasteiger partial charge in [-0.05, 0) is 38.1 Å². The van der Waals surface area contributed by atoms with Crippen LogP contribution in [0.1, 0.15) is 21.7 Å². The summed E-state index contributed by atoms with van der Waals surface area (Å²) in [6, 6.07) is 14.8. The molecule has 1 N–H and O–H groups in total. The molecule has 4 rings (SSSR count). The number of nitrogens with one attached hydrogen (secondary N) is 1. The van der Waals surface area contributed by atoms with Crippen molar-refractivity contribution in [1.29, 1.82) is 0 Å². The monoisotopic (exact) mass is 407 g/mol. The molecule has 29 heavy (non-hydrogen) atoms. The number of anilines is 1. The molecule has 0 bridgehead atoms. The molecule has 0 aliphatic rings. The van der Waals surface area contributed by atoms with E-state index in [1.165, 1.54) is 0 Å². The molecule has 0 aliphatic carbocycles. The molecule has 146 valence electrons. The molecule has 2 aromatic carbocycles. The van der Waals surface area contributed by atoms with Crippen molar-refractivity contribution in [1.82, 2.24) is 18.5 Å². The highest BCUT2D eigenvalue weighted by Gasteiger charge is 2.21. The van der Waals surface area contributed by atoms with Crippen molar-refractivity contribution in [3.8, 4) is 5.69 Å².